The SMILES string of the molecule is CCCC(=O)c1ccc(OC)cc1O. The third-order valence-corrected chi connectivity index (χ3v) is 1.98. The summed E-state index contributed by atoms with van der Waals surface area (Å²) >= 11 is 0. The van der Waals surface area contributed by atoms with Gasteiger partial charge in [-0.05, 0) is 18.6 Å². The monoisotopic (exact) mass is 194 g/mol. The van der Waals surface area contributed by atoms with Gasteiger partial charge >= 0.3 is 0 Å². The number of ether oxygens (including phenoxy) is 1. The van der Waals surface area contributed by atoms with Crippen LogP contribution in [0.4, 0.5) is 0 Å². The topological polar surface area (TPSA) is 46.5 Å². The lowest BCUT2D eigenvalue weighted by Gasteiger charge is -2.05. The van der Waals surface area contributed by atoms with Crippen LogP contribution in [0.1, 0.15) is 30.1 Å². The molecule has 0 radical (unpaired) electrons. The molecule has 0 aliphatic rings. The fourth-order valence-electron chi connectivity index (χ4n) is 1.24. The van der Waals surface area contributed by atoms with E-state index in [2.05, 4.69) is 0 Å². The summed E-state index contributed by atoms with van der Waals surface area (Å²) in [6.45, 7) is 1.93. The van der Waals surface area contributed by atoms with Crippen molar-refractivity contribution >= 4 is 5.78 Å². The molecule has 0 saturated carbocycles. The zero-order valence-corrected chi connectivity index (χ0v) is 8.41. The van der Waals surface area contributed by atoms with Crippen molar-refractivity contribution < 1.29 is 14.6 Å². The van der Waals surface area contributed by atoms with Crippen LogP contribution in [-0.4, -0.2) is 18.0 Å². The zero-order chi connectivity index (χ0) is 10.6. The van der Waals surface area contributed by atoms with E-state index in [1.807, 2.05) is 6.92 Å². The van der Waals surface area contributed by atoms with Crippen molar-refractivity contribution in [1.82, 2.24) is 0 Å². The molecule has 14 heavy (non-hydrogen) atoms. The minimum atomic E-state index is -0.0346. The summed E-state index contributed by atoms with van der Waals surface area (Å²) in [4.78, 5) is 11.5. The van der Waals surface area contributed by atoms with Crippen molar-refractivity contribution in [2.75, 3.05) is 7.11 Å². The lowest BCUT2D eigenvalue weighted by molar-refractivity contribution is 0.0979. The number of carbonyl (C=O) groups excluding carboxylic acids is 1. The lowest BCUT2D eigenvalue weighted by atomic mass is 10.1. The van der Waals surface area contributed by atoms with Gasteiger partial charge in [-0.25, -0.2) is 0 Å². The van der Waals surface area contributed by atoms with Gasteiger partial charge in [-0.15, -0.1) is 0 Å². The second-order valence-electron chi connectivity index (χ2n) is 3.06. The number of methoxy groups -OCH3 is 1. The summed E-state index contributed by atoms with van der Waals surface area (Å²) in [5.41, 5.74) is 0.368. The first-order valence-electron chi connectivity index (χ1n) is 4.59. The van der Waals surface area contributed by atoms with E-state index in [4.69, 9.17) is 4.74 Å². The first-order chi connectivity index (χ1) is 6.69. The number of hydrogen-bond donors (Lipinski definition) is 1. The third kappa shape index (κ3) is 2.25. The lowest BCUT2D eigenvalue weighted by Crippen LogP contribution is -1.98. The Morgan fingerprint density at radius 1 is 1.50 bits per heavy atom. The highest BCUT2D eigenvalue weighted by atomic mass is 16.5. The number of rotatable bonds is 4. The van der Waals surface area contributed by atoms with Crippen molar-refractivity contribution in [3.8, 4) is 11.5 Å². The Kier molecular flexibility index (Phi) is 3.51. The number of hydrogen-bond acceptors (Lipinski definition) is 3. The maximum Gasteiger partial charge on any atom is 0.166 e. The van der Waals surface area contributed by atoms with E-state index in [0.717, 1.165) is 6.42 Å². The summed E-state index contributed by atoms with van der Waals surface area (Å²) in [7, 11) is 1.52. The van der Waals surface area contributed by atoms with Gasteiger partial charge in [0.05, 0.1) is 12.7 Å². The summed E-state index contributed by atoms with van der Waals surface area (Å²) in [5.74, 6) is 0.506. The molecule has 1 N–H and O–H groups in total. The highest BCUT2D eigenvalue weighted by molar-refractivity contribution is 5.98. The van der Waals surface area contributed by atoms with Crippen LogP contribution in [0.25, 0.3) is 0 Å². The van der Waals surface area contributed by atoms with Crippen LogP contribution in [0.5, 0.6) is 11.5 Å². The molecule has 0 atom stereocenters. The highest BCUT2D eigenvalue weighted by Crippen LogP contribution is 2.24. The second kappa shape index (κ2) is 4.65. The molecule has 1 rings (SSSR count). The quantitative estimate of drug-likeness (QED) is 0.748. The fraction of sp³-hybridized carbons (Fsp3) is 0.364. The van der Waals surface area contributed by atoms with Crippen molar-refractivity contribution in [2.24, 2.45) is 0 Å². The van der Waals surface area contributed by atoms with Gasteiger partial charge < -0.3 is 9.84 Å². The van der Waals surface area contributed by atoms with E-state index in [1.54, 1.807) is 12.1 Å². The summed E-state index contributed by atoms with van der Waals surface area (Å²) in [6.07, 6.45) is 1.24. The van der Waals surface area contributed by atoms with E-state index in [-0.39, 0.29) is 11.5 Å². The Morgan fingerprint density at radius 3 is 2.71 bits per heavy atom. The average Bonchev–Trinajstić information content (AvgIpc) is 2.17. The van der Waals surface area contributed by atoms with Crippen LogP contribution >= 0.6 is 0 Å². The van der Waals surface area contributed by atoms with Crippen molar-refractivity contribution in [3.63, 3.8) is 0 Å². The summed E-state index contributed by atoms with van der Waals surface area (Å²) in [5, 5.41) is 9.52. The molecule has 0 amide bonds. The molecule has 3 heteroatoms. The number of benzene rings is 1. The van der Waals surface area contributed by atoms with E-state index >= 15 is 0 Å². The Hall–Kier alpha value is -1.51. The largest absolute Gasteiger partial charge is 0.507 e. The Morgan fingerprint density at radius 2 is 2.21 bits per heavy atom. The molecule has 1 aromatic carbocycles. The first-order valence-corrected chi connectivity index (χ1v) is 4.59. The van der Waals surface area contributed by atoms with Gasteiger partial charge in [-0.1, -0.05) is 6.92 Å². The molecule has 0 aromatic heterocycles. The van der Waals surface area contributed by atoms with Crippen LogP contribution in [0.3, 0.4) is 0 Å². The van der Waals surface area contributed by atoms with Gasteiger partial charge in [-0.2, -0.15) is 0 Å². The van der Waals surface area contributed by atoms with Crippen LogP contribution in [0.15, 0.2) is 18.2 Å². The molecule has 0 fully saturated rings. The molecular weight excluding hydrogens is 180 g/mol. The van der Waals surface area contributed by atoms with E-state index in [0.29, 0.717) is 17.7 Å². The molecule has 76 valence electrons. The number of Topliss-reactive ketones (excluding diaryl/α,β-unsaturated/α-hetero) is 1. The number of phenolic OH excluding ortho intramolecular Hbond substituents is 1. The van der Waals surface area contributed by atoms with E-state index in [1.165, 1.54) is 13.2 Å². The smallest absolute Gasteiger partial charge is 0.166 e. The predicted molar refractivity (Wildman–Crippen MR) is 53.9 cm³/mol. The normalized spacial score (nSPS) is 9.86. The number of ketones is 1. The molecule has 1 aromatic rings. The van der Waals surface area contributed by atoms with Gasteiger partial charge in [0, 0.05) is 12.5 Å². The number of carbonyl (C=O) groups is 1. The first kappa shape index (κ1) is 10.6. The van der Waals surface area contributed by atoms with Crippen LogP contribution in [-0.2, 0) is 0 Å². The van der Waals surface area contributed by atoms with Gasteiger partial charge in [0.25, 0.3) is 0 Å². The standard InChI is InChI=1S/C11H14O3/c1-3-4-10(12)9-6-5-8(14-2)7-11(9)13/h5-7,13H,3-4H2,1-2H3. The molecule has 0 heterocycles. The minimum Gasteiger partial charge on any atom is -0.507 e. The number of phenols is 1. The van der Waals surface area contributed by atoms with E-state index < -0.39 is 0 Å². The number of aromatic hydroxyl groups is 1. The minimum absolute atomic E-state index is 0.0113. The van der Waals surface area contributed by atoms with Gasteiger partial charge in [0.1, 0.15) is 11.5 Å². The van der Waals surface area contributed by atoms with Crippen molar-refractivity contribution in [1.29, 1.82) is 0 Å². The van der Waals surface area contributed by atoms with Gasteiger partial charge in [0.15, 0.2) is 5.78 Å². The zero-order valence-electron chi connectivity index (χ0n) is 8.41. The van der Waals surface area contributed by atoms with Crippen molar-refractivity contribution in [2.45, 2.75) is 19.8 Å². The summed E-state index contributed by atoms with van der Waals surface area (Å²) < 4.78 is 4.92. The van der Waals surface area contributed by atoms with Gasteiger partial charge in [0.2, 0.25) is 0 Å². The third-order valence-electron chi connectivity index (χ3n) is 1.98. The molecule has 0 saturated heterocycles. The Bertz CT molecular complexity index is 331. The molecule has 0 spiro atoms. The van der Waals surface area contributed by atoms with Gasteiger partial charge in [-0.3, -0.25) is 4.79 Å². The summed E-state index contributed by atoms with van der Waals surface area (Å²) in [6, 6.07) is 4.71. The Labute approximate surface area is 83.3 Å². The van der Waals surface area contributed by atoms with Crippen LogP contribution in [0, 0.1) is 0 Å². The van der Waals surface area contributed by atoms with Crippen molar-refractivity contribution in [3.05, 3.63) is 23.8 Å². The maximum atomic E-state index is 11.5. The highest BCUT2D eigenvalue weighted by Gasteiger charge is 2.10. The maximum absolute atomic E-state index is 11.5. The molecule has 0 aliphatic carbocycles. The predicted octanol–water partition coefficient (Wildman–Crippen LogP) is 2.38. The van der Waals surface area contributed by atoms with E-state index in [9.17, 15) is 9.90 Å². The molecule has 0 unspecified atom stereocenters. The molecular formula is C11H14O3. The average molecular weight is 194 g/mol. The van der Waals surface area contributed by atoms with Crippen LogP contribution in [0.2, 0.25) is 0 Å². The molecule has 0 aliphatic heterocycles. The Balaban J connectivity index is 2.94. The fourth-order valence-corrected chi connectivity index (χ4v) is 1.24. The molecule has 0 bridgehead atoms. The second-order valence-corrected chi connectivity index (χ2v) is 3.06. The van der Waals surface area contributed by atoms with Crippen LogP contribution < -0.4 is 4.74 Å². The molecule has 3 nitrogen and oxygen atoms in total.